The molecule has 2 aromatic carbocycles. The summed E-state index contributed by atoms with van der Waals surface area (Å²) in [4.78, 5) is 23.5. The van der Waals surface area contributed by atoms with E-state index in [4.69, 9.17) is 21.4 Å². The summed E-state index contributed by atoms with van der Waals surface area (Å²) in [6.07, 6.45) is 0.932. The fourth-order valence-electron chi connectivity index (χ4n) is 1.90. The summed E-state index contributed by atoms with van der Waals surface area (Å²) >= 11 is 5.83. The Hall–Kier alpha value is -2.90. The maximum Gasteiger partial charge on any atom is 0.249 e. The van der Waals surface area contributed by atoms with Crippen LogP contribution < -0.4 is 15.5 Å². The number of hydrogen-bond donors (Lipinski definition) is 3. The van der Waals surface area contributed by atoms with Crippen LogP contribution in [-0.2, 0) is 9.59 Å². The van der Waals surface area contributed by atoms with Gasteiger partial charge in [-0.2, -0.15) is 5.10 Å². The van der Waals surface area contributed by atoms with Gasteiger partial charge in [0.2, 0.25) is 11.8 Å². The van der Waals surface area contributed by atoms with E-state index in [-0.39, 0.29) is 12.5 Å². The molecular weight excluding hydrogens is 382 g/mol. The molecule has 0 spiro atoms. The van der Waals surface area contributed by atoms with Crippen LogP contribution in [0.3, 0.4) is 0 Å². The molecule has 0 aliphatic carbocycles. The molecule has 7 nitrogen and oxygen atoms in total. The predicted molar refractivity (Wildman–Crippen MR) is 111 cm³/mol. The van der Waals surface area contributed by atoms with Crippen molar-refractivity contribution in [2.24, 2.45) is 5.10 Å². The first kappa shape index (κ1) is 23.1. The van der Waals surface area contributed by atoms with Gasteiger partial charge >= 0.3 is 0 Å². The second-order valence-electron chi connectivity index (χ2n) is 5.86. The molecule has 2 rings (SSSR count). The van der Waals surface area contributed by atoms with Crippen LogP contribution in [0.1, 0.15) is 25.8 Å². The average molecular weight is 406 g/mol. The standard InChI is InChI=1S/C17H16ClN3O3.C3H8O/c1-24-15-8-3-2-5-12(15)11-19-21-17(23)10-16(22)20-14-7-4-6-13(18)9-14;1-3(2)4/h2-9,11H,10H2,1H3,(H,20,22)(H,21,23);3-4H,1-2H3/b19-11-;. The van der Waals surface area contributed by atoms with Crippen LogP contribution in [0.5, 0.6) is 5.75 Å². The normalized spacial score (nSPS) is 10.2. The van der Waals surface area contributed by atoms with Crippen LogP contribution in [0.2, 0.25) is 5.02 Å². The smallest absolute Gasteiger partial charge is 0.249 e. The van der Waals surface area contributed by atoms with Crippen molar-refractivity contribution in [1.29, 1.82) is 0 Å². The Labute approximate surface area is 169 Å². The molecule has 0 aliphatic heterocycles. The molecule has 3 N–H and O–H groups in total. The van der Waals surface area contributed by atoms with Gasteiger partial charge in [0.05, 0.1) is 13.3 Å². The third-order valence-corrected chi connectivity index (χ3v) is 3.20. The lowest BCUT2D eigenvalue weighted by atomic mass is 10.2. The second-order valence-corrected chi connectivity index (χ2v) is 6.30. The number of ether oxygens (including phenoxy) is 1. The van der Waals surface area contributed by atoms with Crippen molar-refractivity contribution < 1.29 is 19.4 Å². The number of halogens is 1. The molecule has 0 aliphatic rings. The minimum absolute atomic E-state index is 0.167. The number of hydrazone groups is 1. The average Bonchev–Trinajstić information content (AvgIpc) is 2.61. The maximum absolute atomic E-state index is 11.8. The van der Waals surface area contributed by atoms with E-state index in [9.17, 15) is 9.59 Å². The van der Waals surface area contributed by atoms with Gasteiger partial charge in [0.15, 0.2) is 0 Å². The first-order valence-electron chi connectivity index (χ1n) is 8.50. The molecule has 0 fully saturated rings. The number of nitrogens with zero attached hydrogens (tertiary/aromatic N) is 1. The number of anilines is 1. The Balaban J connectivity index is 0.000000892. The highest BCUT2D eigenvalue weighted by atomic mass is 35.5. The van der Waals surface area contributed by atoms with Crippen molar-refractivity contribution in [3.8, 4) is 5.75 Å². The Morgan fingerprint density at radius 3 is 2.50 bits per heavy atom. The molecule has 2 aromatic rings. The van der Waals surface area contributed by atoms with Crippen LogP contribution in [0.25, 0.3) is 0 Å². The van der Waals surface area contributed by atoms with Gasteiger partial charge < -0.3 is 15.2 Å². The topological polar surface area (TPSA) is 100 Å². The first-order chi connectivity index (χ1) is 13.3. The fraction of sp³-hybridized carbons (Fsp3) is 0.250. The molecule has 0 unspecified atom stereocenters. The van der Waals surface area contributed by atoms with E-state index in [1.54, 1.807) is 57.4 Å². The SMILES string of the molecule is CC(C)O.COc1ccccc1/C=N\NC(=O)CC(=O)Nc1cccc(Cl)c1. The highest BCUT2D eigenvalue weighted by Crippen LogP contribution is 2.15. The summed E-state index contributed by atoms with van der Waals surface area (Å²) in [5, 5.41) is 15.0. The summed E-state index contributed by atoms with van der Waals surface area (Å²) in [5.41, 5.74) is 3.54. The number of amides is 2. The van der Waals surface area contributed by atoms with Crippen LogP contribution >= 0.6 is 11.6 Å². The predicted octanol–water partition coefficient (Wildman–Crippen LogP) is 3.21. The minimum Gasteiger partial charge on any atom is -0.496 e. The highest BCUT2D eigenvalue weighted by Gasteiger charge is 2.09. The third-order valence-electron chi connectivity index (χ3n) is 2.96. The second kappa shape index (κ2) is 12.5. The maximum atomic E-state index is 11.8. The summed E-state index contributed by atoms with van der Waals surface area (Å²) in [6, 6.07) is 13.9. The van der Waals surface area contributed by atoms with Gasteiger partial charge in [-0.05, 0) is 44.2 Å². The summed E-state index contributed by atoms with van der Waals surface area (Å²) < 4.78 is 5.16. The zero-order valence-corrected chi connectivity index (χ0v) is 16.7. The summed E-state index contributed by atoms with van der Waals surface area (Å²) in [7, 11) is 1.55. The summed E-state index contributed by atoms with van der Waals surface area (Å²) in [6.45, 7) is 3.44. The zero-order chi connectivity index (χ0) is 20.9. The van der Waals surface area contributed by atoms with Crippen LogP contribution in [0.15, 0.2) is 53.6 Å². The van der Waals surface area contributed by atoms with Gasteiger partial charge in [-0.1, -0.05) is 29.8 Å². The number of para-hydroxylation sites is 1. The molecule has 0 aromatic heterocycles. The zero-order valence-electron chi connectivity index (χ0n) is 16.0. The van der Waals surface area contributed by atoms with Gasteiger partial charge in [0.1, 0.15) is 12.2 Å². The Morgan fingerprint density at radius 1 is 1.18 bits per heavy atom. The number of aliphatic hydroxyl groups is 1. The molecule has 2 amide bonds. The number of carbonyl (C=O) groups is 2. The Bertz CT molecular complexity index is 807. The molecule has 150 valence electrons. The van der Waals surface area contributed by atoms with E-state index in [0.29, 0.717) is 22.0 Å². The van der Waals surface area contributed by atoms with E-state index >= 15 is 0 Å². The van der Waals surface area contributed by atoms with E-state index < -0.39 is 11.8 Å². The van der Waals surface area contributed by atoms with Crippen molar-refractivity contribution in [2.45, 2.75) is 26.4 Å². The van der Waals surface area contributed by atoms with Crippen LogP contribution in [0.4, 0.5) is 5.69 Å². The number of carbonyl (C=O) groups excluding carboxylic acids is 2. The lowest BCUT2D eigenvalue weighted by Gasteiger charge is -2.05. The number of hydrogen-bond acceptors (Lipinski definition) is 5. The lowest BCUT2D eigenvalue weighted by molar-refractivity contribution is -0.126. The molecule has 28 heavy (non-hydrogen) atoms. The van der Waals surface area contributed by atoms with Gasteiger partial charge in [-0.25, -0.2) is 5.43 Å². The van der Waals surface area contributed by atoms with E-state index in [0.717, 1.165) is 0 Å². The van der Waals surface area contributed by atoms with Crippen LogP contribution in [-0.4, -0.2) is 36.3 Å². The number of nitrogens with one attached hydrogen (secondary N) is 2. The quantitative estimate of drug-likeness (QED) is 0.390. The Kier molecular flexibility index (Phi) is 10.3. The van der Waals surface area contributed by atoms with E-state index in [1.165, 1.54) is 6.21 Å². The summed E-state index contributed by atoms with van der Waals surface area (Å²) in [5.74, 6) is -0.350. The molecule has 0 saturated carbocycles. The number of methoxy groups -OCH3 is 1. The molecular formula is C20H24ClN3O4. The highest BCUT2D eigenvalue weighted by molar-refractivity contribution is 6.30. The van der Waals surface area contributed by atoms with Crippen molar-refractivity contribution >= 4 is 35.3 Å². The molecule has 0 saturated heterocycles. The van der Waals surface area contributed by atoms with Gasteiger partial charge in [0.25, 0.3) is 0 Å². The number of rotatable bonds is 6. The first-order valence-corrected chi connectivity index (χ1v) is 8.88. The molecule has 0 heterocycles. The molecule has 0 atom stereocenters. The van der Waals surface area contributed by atoms with Crippen molar-refractivity contribution in [2.75, 3.05) is 12.4 Å². The van der Waals surface area contributed by atoms with Gasteiger partial charge in [-0.3, -0.25) is 9.59 Å². The largest absolute Gasteiger partial charge is 0.496 e. The lowest BCUT2D eigenvalue weighted by Crippen LogP contribution is -2.24. The van der Waals surface area contributed by atoms with E-state index in [2.05, 4.69) is 15.8 Å². The third kappa shape index (κ3) is 9.70. The minimum atomic E-state index is -0.527. The fourth-order valence-corrected chi connectivity index (χ4v) is 2.09. The van der Waals surface area contributed by atoms with Crippen molar-refractivity contribution in [3.63, 3.8) is 0 Å². The van der Waals surface area contributed by atoms with Gasteiger partial charge in [0, 0.05) is 22.4 Å². The van der Waals surface area contributed by atoms with Crippen molar-refractivity contribution in [1.82, 2.24) is 5.43 Å². The van der Waals surface area contributed by atoms with Gasteiger partial charge in [-0.15, -0.1) is 0 Å². The number of benzene rings is 2. The van der Waals surface area contributed by atoms with Crippen LogP contribution in [0, 0.1) is 0 Å². The Morgan fingerprint density at radius 2 is 1.86 bits per heavy atom. The molecule has 8 heteroatoms. The number of aliphatic hydroxyl groups excluding tert-OH is 1. The molecule has 0 radical (unpaired) electrons. The monoisotopic (exact) mass is 405 g/mol. The van der Waals surface area contributed by atoms with Crippen molar-refractivity contribution in [3.05, 3.63) is 59.1 Å². The van der Waals surface area contributed by atoms with E-state index in [1.807, 2.05) is 12.1 Å². The molecule has 0 bridgehead atoms.